The molecule has 0 saturated carbocycles. The second-order valence-electron chi connectivity index (χ2n) is 5.91. The molecule has 0 aliphatic carbocycles. The molecule has 2 unspecified atom stereocenters. The number of rotatable bonds is 3. The molecule has 1 N–H and O–H groups in total. The van der Waals surface area contributed by atoms with Crippen molar-refractivity contribution in [3.05, 3.63) is 29.8 Å². The van der Waals surface area contributed by atoms with E-state index < -0.39 is 0 Å². The summed E-state index contributed by atoms with van der Waals surface area (Å²) in [5.41, 5.74) is 0.802. The Morgan fingerprint density at radius 1 is 1.19 bits per heavy atom. The molecule has 116 valence electrons. The fourth-order valence-electron chi connectivity index (χ4n) is 3.45. The molecule has 3 rings (SSSR count). The van der Waals surface area contributed by atoms with Gasteiger partial charge >= 0.3 is 0 Å². The zero-order valence-electron chi connectivity index (χ0n) is 12.5. The van der Waals surface area contributed by atoms with E-state index >= 15 is 0 Å². The lowest BCUT2D eigenvalue weighted by molar-refractivity contribution is 0.0681. The van der Waals surface area contributed by atoms with Crippen molar-refractivity contribution in [1.29, 1.82) is 0 Å². The number of benzene rings is 1. The number of carbonyl (C=O) groups is 1. The summed E-state index contributed by atoms with van der Waals surface area (Å²) in [7, 11) is 1.96. The molecule has 2 aliphatic heterocycles. The minimum atomic E-state index is 0. The van der Waals surface area contributed by atoms with Gasteiger partial charge in [-0.1, -0.05) is 0 Å². The largest absolute Gasteiger partial charge is 0.339 e. The number of hydrogen-bond donors (Lipinski definition) is 1. The minimum absolute atomic E-state index is 0. The summed E-state index contributed by atoms with van der Waals surface area (Å²) < 4.78 is 0. The van der Waals surface area contributed by atoms with Gasteiger partial charge in [-0.2, -0.15) is 0 Å². The summed E-state index contributed by atoms with van der Waals surface area (Å²) in [5.74, 6) is 0.156. The van der Waals surface area contributed by atoms with Crippen LogP contribution in [0.3, 0.4) is 0 Å². The lowest BCUT2D eigenvalue weighted by Crippen LogP contribution is -2.48. The third kappa shape index (κ3) is 3.55. The number of thioether (sulfide) groups is 1. The van der Waals surface area contributed by atoms with Crippen LogP contribution in [-0.2, 0) is 0 Å². The number of fused-ring (bicyclic) bond motifs is 2. The van der Waals surface area contributed by atoms with Crippen LogP contribution < -0.4 is 5.32 Å². The smallest absolute Gasteiger partial charge is 0.253 e. The van der Waals surface area contributed by atoms with Crippen LogP contribution in [0.15, 0.2) is 29.2 Å². The van der Waals surface area contributed by atoms with Gasteiger partial charge in [0.25, 0.3) is 5.91 Å². The van der Waals surface area contributed by atoms with Crippen molar-refractivity contribution in [3.63, 3.8) is 0 Å². The van der Waals surface area contributed by atoms with Crippen LogP contribution in [0.2, 0.25) is 0 Å². The van der Waals surface area contributed by atoms with E-state index in [0.717, 1.165) is 18.4 Å². The number of piperidine rings is 1. The van der Waals surface area contributed by atoms with E-state index in [9.17, 15) is 4.79 Å². The van der Waals surface area contributed by atoms with Gasteiger partial charge in [0.2, 0.25) is 0 Å². The van der Waals surface area contributed by atoms with Crippen molar-refractivity contribution in [1.82, 2.24) is 10.2 Å². The molecule has 2 fully saturated rings. The van der Waals surface area contributed by atoms with Crippen molar-refractivity contribution >= 4 is 30.1 Å². The van der Waals surface area contributed by atoms with Crippen LogP contribution in [-0.4, -0.2) is 42.2 Å². The summed E-state index contributed by atoms with van der Waals surface area (Å²) in [4.78, 5) is 15.7. The fraction of sp³-hybridized carbons (Fsp3) is 0.562. The van der Waals surface area contributed by atoms with Crippen LogP contribution in [0, 0.1) is 0 Å². The SMILES string of the molecule is CSc1ccc(C(=O)N(C)C2CC3CCC(C2)N3)cc1.Cl. The number of nitrogens with one attached hydrogen (secondary N) is 1. The highest BCUT2D eigenvalue weighted by atomic mass is 35.5. The van der Waals surface area contributed by atoms with Gasteiger partial charge in [0.05, 0.1) is 0 Å². The van der Waals surface area contributed by atoms with Crippen LogP contribution in [0.25, 0.3) is 0 Å². The number of carbonyl (C=O) groups excluding carboxylic acids is 1. The zero-order valence-corrected chi connectivity index (χ0v) is 14.2. The highest BCUT2D eigenvalue weighted by Gasteiger charge is 2.36. The van der Waals surface area contributed by atoms with Gasteiger partial charge in [-0.3, -0.25) is 4.79 Å². The molecule has 21 heavy (non-hydrogen) atoms. The van der Waals surface area contributed by atoms with Gasteiger partial charge < -0.3 is 10.2 Å². The molecule has 1 aromatic carbocycles. The summed E-state index contributed by atoms with van der Waals surface area (Å²) in [6.07, 6.45) is 6.79. The van der Waals surface area contributed by atoms with E-state index in [-0.39, 0.29) is 18.3 Å². The topological polar surface area (TPSA) is 32.3 Å². The Bertz CT molecular complexity index is 482. The first-order chi connectivity index (χ1) is 9.67. The Hall–Kier alpha value is -0.710. The van der Waals surface area contributed by atoms with E-state index in [2.05, 4.69) is 5.32 Å². The molecule has 3 nitrogen and oxygen atoms in total. The Kier molecular flexibility index (Phi) is 5.58. The highest BCUT2D eigenvalue weighted by Crippen LogP contribution is 2.30. The Balaban J connectivity index is 0.00000161. The zero-order chi connectivity index (χ0) is 14.1. The second-order valence-corrected chi connectivity index (χ2v) is 6.79. The van der Waals surface area contributed by atoms with E-state index in [0.29, 0.717) is 18.1 Å². The van der Waals surface area contributed by atoms with Gasteiger partial charge in [-0.25, -0.2) is 0 Å². The monoisotopic (exact) mass is 326 g/mol. The lowest BCUT2D eigenvalue weighted by Gasteiger charge is -2.35. The van der Waals surface area contributed by atoms with Gasteiger partial charge in [0.1, 0.15) is 0 Å². The molecule has 2 atom stereocenters. The highest BCUT2D eigenvalue weighted by molar-refractivity contribution is 7.98. The summed E-state index contributed by atoms with van der Waals surface area (Å²) >= 11 is 1.70. The molecular formula is C16H23ClN2OS. The molecular weight excluding hydrogens is 304 g/mol. The molecule has 2 aliphatic rings. The maximum atomic E-state index is 12.6. The number of hydrogen-bond acceptors (Lipinski definition) is 3. The minimum Gasteiger partial charge on any atom is -0.339 e. The van der Waals surface area contributed by atoms with Crippen LogP contribution in [0.5, 0.6) is 0 Å². The average molecular weight is 327 g/mol. The molecule has 0 spiro atoms. The predicted molar refractivity (Wildman–Crippen MR) is 90.5 cm³/mol. The van der Waals surface area contributed by atoms with Gasteiger partial charge in [0, 0.05) is 35.6 Å². The summed E-state index contributed by atoms with van der Waals surface area (Å²) in [6.45, 7) is 0. The van der Waals surface area contributed by atoms with Gasteiger partial charge in [-0.15, -0.1) is 24.2 Å². The van der Waals surface area contributed by atoms with E-state index in [1.165, 1.54) is 17.7 Å². The molecule has 2 saturated heterocycles. The van der Waals surface area contributed by atoms with E-state index in [4.69, 9.17) is 0 Å². The third-order valence-electron chi connectivity index (χ3n) is 4.65. The molecule has 0 aromatic heterocycles. The predicted octanol–water partition coefficient (Wildman–Crippen LogP) is 3.19. The first-order valence-electron chi connectivity index (χ1n) is 7.34. The quantitative estimate of drug-likeness (QED) is 0.866. The summed E-state index contributed by atoms with van der Waals surface area (Å²) in [6, 6.07) is 9.57. The molecule has 0 radical (unpaired) electrons. The maximum absolute atomic E-state index is 12.6. The molecule has 2 heterocycles. The van der Waals surface area contributed by atoms with Gasteiger partial charge in [0.15, 0.2) is 0 Å². The third-order valence-corrected chi connectivity index (χ3v) is 5.40. The first kappa shape index (κ1) is 16.7. The Labute approximate surface area is 137 Å². The number of nitrogens with zero attached hydrogens (tertiary/aromatic N) is 1. The van der Waals surface area contributed by atoms with Crippen LogP contribution in [0.1, 0.15) is 36.0 Å². The van der Waals surface area contributed by atoms with E-state index in [1.807, 2.05) is 42.5 Å². The maximum Gasteiger partial charge on any atom is 0.253 e. The second kappa shape index (κ2) is 7.03. The lowest BCUT2D eigenvalue weighted by atomic mass is 9.98. The number of halogens is 1. The van der Waals surface area contributed by atoms with Crippen molar-refractivity contribution < 1.29 is 4.79 Å². The van der Waals surface area contributed by atoms with Crippen molar-refractivity contribution in [2.24, 2.45) is 0 Å². The normalized spacial score (nSPS) is 27.0. The molecule has 1 amide bonds. The van der Waals surface area contributed by atoms with E-state index in [1.54, 1.807) is 11.8 Å². The molecule has 1 aromatic rings. The van der Waals surface area contributed by atoms with Crippen molar-refractivity contribution in [2.45, 2.75) is 48.7 Å². The summed E-state index contributed by atoms with van der Waals surface area (Å²) in [5, 5.41) is 3.63. The Morgan fingerprint density at radius 3 is 2.29 bits per heavy atom. The standard InChI is InChI=1S/C16H22N2OS.ClH/c1-18(14-9-12-5-6-13(10-14)17-12)16(19)11-3-7-15(20-2)8-4-11;/h3-4,7-8,12-14,17H,5-6,9-10H2,1-2H3;1H. The fourth-order valence-corrected chi connectivity index (χ4v) is 3.85. The van der Waals surface area contributed by atoms with Gasteiger partial charge in [-0.05, 0) is 56.2 Å². The Morgan fingerprint density at radius 2 is 1.76 bits per heavy atom. The van der Waals surface area contributed by atoms with Crippen molar-refractivity contribution in [2.75, 3.05) is 13.3 Å². The average Bonchev–Trinajstić information content (AvgIpc) is 2.84. The van der Waals surface area contributed by atoms with Crippen LogP contribution in [0.4, 0.5) is 0 Å². The van der Waals surface area contributed by atoms with Crippen LogP contribution >= 0.6 is 24.2 Å². The molecule has 5 heteroatoms. The number of amides is 1. The molecule has 2 bridgehead atoms. The van der Waals surface area contributed by atoms with Crippen molar-refractivity contribution in [3.8, 4) is 0 Å². The first-order valence-corrected chi connectivity index (χ1v) is 8.57.